The van der Waals surface area contributed by atoms with Crippen LogP contribution in [0, 0.1) is 17.8 Å². The van der Waals surface area contributed by atoms with E-state index in [-0.39, 0.29) is 29.6 Å². The second kappa shape index (κ2) is 11.2. The summed E-state index contributed by atoms with van der Waals surface area (Å²) in [4.78, 5) is 50.7. The summed E-state index contributed by atoms with van der Waals surface area (Å²) in [6.45, 7) is 9.51. The van der Waals surface area contributed by atoms with E-state index in [0.717, 1.165) is 12.8 Å². The van der Waals surface area contributed by atoms with E-state index >= 15 is 0 Å². The maximum Gasteiger partial charge on any atom is 0.411 e. The summed E-state index contributed by atoms with van der Waals surface area (Å²) in [7, 11) is 0. The van der Waals surface area contributed by atoms with Crippen molar-refractivity contribution in [2.45, 2.75) is 78.0 Å². The Morgan fingerprint density at radius 3 is 2.28 bits per heavy atom. The Balaban J connectivity index is 1.90. The van der Waals surface area contributed by atoms with Crippen LogP contribution in [-0.2, 0) is 19.1 Å². The van der Waals surface area contributed by atoms with Crippen LogP contribution >= 0.6 is 11.8 Å². The second-order valence-electron chi connectivity index (χ2n) is 10.00. The number of rotatable bonds is 7. The van der Waals surface area contributed by atoms with Gasteiger partial charge in [-0.15, -0.1) is 11.8 Å². The monoisotopic (exact) mass is 471 g/mol. The van der Waals surface area contributed by atoms with Crippen molar-refractivity contribution < 1.29 is 29.0 Å². The van der Waals surface area contributed by atoms with Gasteiger partial charge in [0.25, 0.3) is 0 Å². The summed E-state index contributed by atoms with van der Waals surface area (Å²) in [5.74, 6) is -0.741. The molecule has 10 heteroatoms. The highest BCUT2D eigenvalue weighted by atomic mass is 32.2. The van der Waals surface area contributed by atoms with E-state index < -0.39 is 29.7 Å². The lowest BCUT2D eigenvalue weighted by Crippen LogP contribution is -2.56. The predicted molar refractivity (Wildman–Crippen MR) is 122 cm³/mol. The first-order chi connectivity index (χ1) is 14.9. The van der Waals surface area contributed by atoms with Crippen LogP contribution in [0.25, 0.3) is 0 Å². The Bertz CT molecular complexity index is 700. The predicted octanol–water partition coefficient (Wildman–Crippen LogP) is 2.44. The van der Waals surface area contributed by atoms with Crippen molar-refractivity contribution in [2.24, 2.45) is 17.8 Å². The van der Waals surface area contributed by atoms with Gasteiger partial charge in [-0.25, -0.2) is 4.79 Å². The van der Waals surface area contributed by atoms with Crippen molar-refractivity contribution in [3.63, 3.8) is 0 Å². The van der Waals surface area contributed by atoms with Gasteiger partial charge in [0, 0.05) is 12.3 Å². The van der Waals surface area contributed by atoms with Crippen LogP contribution in [0.3, 0.4) is 0 Å². The number of aliphatic carboxylic acids is 1. The average Bonchev–Trinajstić information content (AvgIpc) is 3.19. The smallest absolute Gasteiger partial charge is 0.411 e. The molecule has 3 amide bonds. The molecular weight excluding hydrogens is 434 g/mol. The molecule has 1 aliphatic carbocycles. The van der Waals surface area contributed by atoms with E-state index in [4.69, 9.17) is 9.84 Å². The number of hydrogen-bond acceptors (Lipinski definition) is 6. The van der Waals surface area contributed by atoms with Gasteiger partial charge in [-0.2, -0.15) is 0 Å². The molecule has 32 heavy (non-hydrogen) atoms. The van der Waals surface area contributed by atoms with E-state index in [9.17, 15) is 19.2 Å². The lowest BCUT2D eigenvalue weighted by Gasteiger charge is -2.30. The SMILES string of the molecule is CC(C)[C@H](NC(=O)[C@@H]1CSCN1C(=O)OC(C)(C)C)C(=O)NCC1CCC(C(=O)O)CC1. The number of amides is 3. The maximum atomic E-state index is 12.9. The molecule has 1 saturated heterocycles. The molecule has 0 radical (unpaired) electrons. The van der Waals surface area contributed by atoms with Crippen molar-refractivity contribution in [3.8, 4) is 0 Å². The van der Waals surface area contributed by atoms with Gasteiger partial charge in [0.1, 0.15) is 17.7 Å². The molecule has 9 nitrogen and oxygen atoms in total. The highest BCUT2D eigenvalue weighted by Crippen LogP contribution is 2.28. The molecule has 3 N–H and O–H groups in total. The minimum absolute atomic E-state index is 0.134. The number of ether oxygens (including phenoxy) is 1. The van der Waals surface area contributed by atoms with Crippen molar-refractivity contribution in [1.29, 1.82) is 0 Å². The summed E-state index contributed by atoms with van der Waals surface area (Å²) < 4.78 is 5.41. The van der Waals surface area contributed by atoms with Crippen molar-refractivity contribution >= 4 is 35.6 Å². The molecule has 2 fully saturated rings. The summed E-state index contributed by atoms with van der Waals surface area (Å²) in [6, 6.07) is -1.40. The van der Waals surface area contributed by atoms with Gasteiger partial charge >= 0.3 is 12.1 Å². The summed E-state index contributed by atoms with van der Waals surface area (Å²) in [5, 5.41) is 14.9. The summed E-state index contributed by atoms with van der Waals surface area (Å²) in [6.07, 6.45) is 2.24. The molecule has 1 saturated carbocycles. The molecule has 2 atom stereocenters. The van der Waals surface area contributed by atoms with E-state index in [1.54, 1.807) is 20.8 Å². The van der Waals surface area contributed by atoms with Crippen LogP contribution in [-0.4, -0.2) is 69.7 Å². The molecule has 2 rings (SSSR count). The number of carbonyl (C=O) groups is 4. The first-order valence-corrected chi connectivity index (χ1v) is 12.4. The largest absolute Gasteiger partial charge is 0.481 e. The molecule has 1 heterocycles. The highest BCUT2D eigenvalue weighted by Gasteiger charge is 2.39. The molecule has 0 aromatic carbocycles. The number of carbonyl (C=O) groups excluding carboxylic acids is 3. The van der Waals surface area contributed by atoms with E-state index in [1.165, 1.54) is 16.7 Å². The van der Waals surface area contributed by atoms with Gasteiger partial charge in [-0.3, -0.25) is 19.3 Å². The van der Waals surface area contributed by atoms with Gasteiger partial charge in [0.15, 0.2) is 0 Å². The number of nitrogens with zero attached hydrogens (tertiary/aromatic N) is 1. The molecule has 1 aliphatic heterocycles. The van der Waals surface area contributed by atoms with Gasteiger partial charge in [0.05, 0.1) is 11.8 Å². The number of hydrogen-bond donors (Lipinski definition) is 3. The normalized spacial score (nSPS) is 24.7. The van der Waals surface area contributed by atoms with Crippen LogP contribution in [0.1, 0.15) is 60.3 Å². The topological polar surface area (TPSA) is 125 Å². The quantitative estimate of drug-likeness (QED) is 0.521. The first-order valence-electron chi connectivity index (χ1n) is 11.3. The summed E-state index contributed by atoms with van der Waals surface area (Å²) >= 11 is 1.47. The van der Waals surface area contributed by atoms with Gasteiger partial charge in [-0.05, 0) is 58.3 Å². The fourth-order valence-corrected chi connectivity index (χ4v) is 5.06. The van der Waals surface area contributed by atoms with Crippen molar-refractivity contribution in [3.05, 3.63) is 0 Å². The second-order valence-corrected chi connectivity index (χ2v) is 11.0. The molecule has 0 aromatic rings. The number of nitrogens with one attached hydrogen (secondary N) is 2. The van der Waals surface area contributed by atoms with Crippen LogP contribution < -0.4 is 10.6 Å². The van der Waals surface area contributed by atoms with E-state index in [2.05, 4.69) is 10.6 Å². The van der Waals surface area contributed by atoms with Gasteiger partial charge < -0.3 is 20.5 Å². The number of carboxylic acid groups (broad SMARTS) is 1. The van der Waals surface area contributed by atoms with Crippen LogP contribution in [0.2, 0.25) is 0 Å². The Labute approximate surface area is 194 Å². The minimum atomic E-state index is -0.749. The highest BCUT2D eigenvalue weighted by molar-refractivity contribution is 7.99. The Hall–Kier alpha value is -1.97. The van der Waals surface area contributed by atoms with E-state index in [1.807, 2.05) is 13.8 Å². The lowest BCUT2D eigenvalue weighted by molar-refractivity contribution is -0.143. The average molecular weight is 472 g/mol. The minimum Gasteiger partial charge on any atom is -0.481 e. The molecule has 0 aromatic heterocycles. The third-order valence-corrected chi connectivity index (χ3v) is 6.83. The zero-order valence-corrected chi connectivity index (χ0v) is 20.5. The fourth-order valence-electron chi connectivity index (χ4n) is 3.91. The molecule has 0 unspecified atom stereocenters. The number of carboxylic acids is 1. The molecule has 2 aliphatic rings. The Morgan fingerprint density at radius 2 is 1.75 bits per heavy atom. The van der Waals surface area contributed by atoms with Crippen molar-refractivity contribution in [1.82, 2.24) is 15.5 Å². The molecule has 182 valence electrons. The van der Waals surface area contributed by atoms with Crippen LogP contribution in [0.15, 0.2) is 0 Å². The molecule has 0 bridgehead atoms. The standard InChI is InChI=1S/C22H37N3O6S/c1-13(2)17(19(27)23-10-14-6-8-15(9-7-14)20(28)29)24-18(26)16-11-32-12-25(16)21(30)31-22(3,4)5/h13-17H,6-12H2,1-5H3,(H,23,27)(H,24,26)(H,28,29)/t14?,15?,16-,17-/m0/s1. The third kappa shape index (κ3) is 7.56. The lowest BCUT2D eigenvalue weighted by atomic mass is 9.82. The maximum absolute atomic E-state index is 12.9. The van der Waals surface area contributed by atoms with Gasteiger partial charge in [-0.1, -0.05) is 13.8 Å². The van der Waals surface area contributed by atoms with Crippen molar-refractivity contribution in [2.75, 3.05) is 18.2 Å². The zero-order chi connectivity index (χ0) is 24.1. The van der Waals surface area contributed by atoms with Gasteiger partial charge in [0.2, 0.25) is 11.8 Å². The fraction of sp³-hybridized carbons (Fsp3) is 0.818. The Morgan fingerprint density at radius 1 is 1.12 bits per heavy atom. The van der Waals surface area contributed by atoms with Crippen LogP contribution in [0.5, 0.6) is 0 Å². The van der Waals surface area contributed by atoms with Crippen LogP contribution in [0.4, 0.5) is 4.79 Å². The summed E-state index contributed by atoms with van der Waals surface area (Å²) in [5.41, 5.74) is -0.657. The van der Waals surface area contributed by atoms with E-state index in [0.29, 0.717) is 31.0 Å². The third-order valence-electron chi connectivity index (χ3n) is 5.82. The number of thioether (sulfide) groups is 1. The zero-order valence-electron chi connectivity index (χ0n) is 19.7. The Kier molecular flexibility index (Phi) is 9.24. The molecule has 0 spiro atoms. The molecular formula is C22H37N3O6S. The first kappa shape index (κ1) is 26.3.